The van der Waals surface area contributed by atoms with Gasteiger partial charge in [0, 0.05) is 50.8 Å². The maximum atomic E-state index is 6.23. The molecule has 7 aromatic carbocycles. The second kappa shape index (κ2) is 21.7. The van der Waals surface area contributed by atoms with E-state index in [-0.39, 0.29) is 6.23 Å². The first kappa shape index (κ1) is 42.6. The molecule has 0 spiro atoms. The molecule has 1 heterocycles. The minimum absolute atomic E-state index is 0.238. The number of para-hydroxylation sites is 5. The number of benzene rings is 7. The van der Waals surface area contributed by atoms with Crippen LogP contribution in [0.3, 0.4) is 0 Å². The molecule has 0 bridgehead atoms. The van der Waals surface area contributed by atoms with Crippen molar-refractivity contribution in [2.75, 3.05) is 21.8 Å². The summed E-state index contributed by atoms with van der Waals surface area (Å²) in [5.41, 5.74) is 17.9. The van der Waals surface area contributed by atoms with E-state index in [0.29, 0.717) is 13.2 Å². The first-order valence-electron chi connectivity index (χ1n) is 21.3. The molecule has 0 saturated carbocycles. The fraction of sp³-hybridized carbons (Fsp3) is 0.127. The Hall–Kier alpha value is -7.48. The fourth-order valence-electron chi connectivity index (χ4n) is 7.43. The summed E-state index contributed by atoms with van der Waals surface area (Å²) in [7, 11) is 0. The summed E-state index contributed by atoms with van der Waals surface area (Å²) in [6.45, 7) is 7.98. The zero-order valence-electron chi connectivity index (χ0n) is 35.5. The van der Waals surface area contributed by atoms with Crippen molar-refractivity contribution in [2.45, 2.75) is 39.5 Å². The van der Waals surface area contributed by atoms with Gasteiger partial charge in [-0.15, -0.1) is 0 Å². The summed E-state index contributed by atoms with van der Waals surface area (Å²) < 4.78 is 6.23. The Bertz CT molecular complexity index is 2490. The molecule has 1 unspecified atom stereocenters. The van der Waals surface area contributed by atoms with E-state index in [9.17, 15) is 0 Å². The third-order valence-electron chi connectivity index (χ3n) is 10.4. The van der Waals surface area contributed by atoms with Crippen molar-refractivity contribution in [1.82, 2.24) is 0 Å². The van der Waals surface area contributed by atoms with Gasteiger partial charge in [0.05, 0.1) is 24.6 Å². The lowest BCUT2D eigenvalue weighted by molar-refractivity contribution is 0.260. The quantitative estimate of drug-likeness (QED) is 0.120. The predicted octanol–water partition coefficient (Wildman–Crippen LogP) is 13.7. The highest BCUT2D eigenvalue weighted by molar-refractivity contribution is 6.13. The number of aliphatic imine (C=N–C) groups is 2. The van der Waals surface area contributed by atoms with E-state index in [4.69, 9.17) is 15.5 Å². The third kappa shape index (κ3) is 10.4. The number of allylic oxidation sites excluding steroid dienone is 4. The van der Waals surface area contributed by atoms with E-state index in [1.807, 2.05) is 38.1 Å². The van der Waals surface area contributed by atoms with Gasteiger partial charge in [-0.1, -0.05) is 141 Å². The maximum Gasteiger partial charge on any atom is 0.196 e. The van der Waals surface area contributed by atoms with Crippen LogP contribution < -0.4 is 25.6 Å². The van der Waals surface area contributed by atoms with Crippen LogP contribution in [0.5, 0.6) is 5.75 Å². The normalized spacial score (nSPS) is 13.7. The molecule has 9 rings (SSSR count). The smallest absolute Gasteiger partial charge is 0.196 e. The van der Waals surface area contributed by atoms with Gasteiger partial charge in [0.15, 0.2) is 6.23 Å². The molecule has 1 aliphatic heterocycles. The van der Waals surface area contributed by atoms with Gasteiger partial charge < -0.3 is 25.6 Å². The zero-order chi connectivity index (χ0) is 42.9. The Morgan fingerprint density at radius 2 is 1.11 bits per heavy atom. The minimum Gasteiger partial charge on any atom is -0.464 e. The number of fused-ring (bicyclic) bond motifs is 1. The second-order valence-electron chi connectivity index (χ2n) is 14.3. The first-order valence-corrected chi connectivity index (χ1v) is 21.3. The number of nitrogens with two attached hydrogens (primary N) is 1. The lowest BCUT2D eigenvalue weighted by atomic mass is 9.99. The van der Waals surface area contributed by atoms with E-state index in [2.05, 4.69) is 209 Å². The van der Waals surface area contributed by atoms with Crippen LogP contribution in [-0.4, -0.2) is 19.1 Å². The Labute approximate surface area is 366 Å². The summed E-state index contributed by atoms with van der Waals surface area (Å²) in [5, 5.41) is 3.50. The molecular weight excluding hydrogens is 761 g/mol. The SMILES string of the molecule is C1=CCCC(N(c2ccccc2)c2ccc(CN=C(c3ccc(C4Nc5ccccc5O4)cc3)c3ccc(N(c4ccccc4)c4ccccc4)cc3)cc2)=C1.C=NCN.CC. The van der Waals surface area contributed by atoms with Crippen molar-refractivity contribution >= 4 is 46.6 Å². The third-order valence-corrected chi connectivity index (χ3v) is 10.4. The van der Waals surface area contributed by atoms with E-state index in [1.165, 1.54) is 5.70 Å². The van der Waals surface area contributed by atoms with Crippen molar-refractivity contribution in [3.05, 3.63) is 234 Å². The molecule has 7 heteroatoms. The van der Waals surface area contributed by atoms with Gasteiger partial charge in [-0.3, -0.25) is 9.98 Å². The zero-order valence-corrected chi connectivity index (χ0v) is 35.5. The van der Waals surface area contributed by atoms with E-state index < -0.39 is 0 Å². The molecule has 310 valence electrons. The Morgan fingerprint density at radius 1 is 0.629 bits per heavy atom. The average Bonchev–Trinajstić information content (AvgIpc) is 3.80. The molecule has 1 aliphatic carbocycles. The molecule has 0 fully saturated rings. The lowest BCUT2D eigenvalue weighted by Gasteiger charge is -2.29. The van der Waals surface area contributed by atoms with Crippen molar-refractivity contribution in [3.63, 3.8) is 0 Å². The van der Waals surface area contributed by atoms with Crippen molar-refractivity contribution in [1.29, 1.82) is 0 Å². The largest absolute Gasteiger partial charge is 0.464 e. The van der Waals surface area contributed by atoms with Crippen LogP contribution in [-0.2, 0) is 6.54 Å². The molecule has 7 nitrogen and oxygen atoms in total. The van der Waals surface area contributed by atoms with Crippen molar-refractivity contribution in [2.24, 2.45) is 15.7 Å². The molecule has 7 aromatic rings. The molecule has 0 aromatic heterocycles. The molecule has 62 heavy (non-hydrogen) atoms. The Balaban J connectivity index is 0.000000912. The van der Waals surface area contributed by atoms with Gasteiger partial charge in [-0.05, 0) is 104 Å². The Kier molecular flexibility index (Phi) is 14.9. The van der Waals surface area contributed by atoms with Gasteiger partial charge in [0.1, 0.15) is 5.75 Å². The van der Waals surface area contributed by atoms with Crippen LogP contribution >= 0.6 is 0 Å². The number of nitrogens with zero attached hydrogens (tertiary/aromatic N) is 4. The first-order chi connectivity index (χ1) is 30.7. The van der Waals surface area contributed by atoms with Crippen LogP contribution in [0.15, 0.2) is 222 Å². The summed E-state index contributed by atoms with van der Waals surface area (Å²) >= 11 is 0. The van der Waals surface area contributed by atoms with Gasteiger partial charge in [0.25, 0.3) is 0 Å². The molecule has 2 aliphatic rings. The number of hydrogen-bond acceptors (Lipinski definition) is 7. The predicted molar refractivity (Wildman–Crippen MR) is 262 cm³/mol. The van der Waals surface area contributed by atoms with Crippen LogP contribution in [0, 0.1) is 0 Å². The van der Waals surface area contributed by atoms with E-state index in [1.54, 1.807) is 0 Å². The highest BCUT2D eigenvalue weighted by Gasteiger charge is 2.23. The van der Waals surface area contributed by atoms with Gasteiger partial charge >= 0.3 is 0 Å². The molecule has 1 atom stereocenters. The fourth-order valence-corrected chi connectivity index (χ4v) is 7.43. The van der Waals surface area contributed by atoms with Gasteiger partial charge in [-0.25, -0.2) is 0 Å². The Morgan fingerprint density at radius 3 is 1.65 bits per heavy atom. The molecule has 3 N–H and O–H groups in total. The van der Waals surface area contributed by atoms with Crippen molar-refractivity contribution < 1.29 is 4.74 Å². The van der Waals surface area contributed by atoms with Gasteiger partial charge in [0.2, 0.25) is 0 Å². The second-order valence-corrected chi connectivity index (χ2v) is 14.3. The highest BCUT2D eigenvalue weighted by Crippen LogP contribution is 2.38. The monoisotopic (exact) mass is 814 g/mol. The number of hydrogen-bond donors (Lipinski definition) is 2. The number of ether oxygens (including phenoxy) is 1. The summed E-state index contributed by atoms with van der Waals surface area (Å²) in [4.78, 5) is 13.2. The summed E-state index contributed by atoms with van der Waals surface area (Å²) in [5.74, 6) is 0.870. The highest BCUT2D eigenvalue weighted by atomic mass is 16.5. The van der Waals surface area contributed by atoms with Crippen LogP contribution in [0.1, 0.15) is 55.2 Å². The van der Waals surface area contributed by atoms with E-state index >= 15 is 0 Å². The number of rotatable bonds is 12. The summed E-state index contributed by atoms with van der Waals surface area (Å²) in [6, 6.07) is 65.8. The minimum atomic E-state index is -0.238. The van der Waals surface area contributed by atoms with Gasteiger partial charge in [-0.2, -0.15) is 0 Å². The van der Waals surface area contributed by atoms with Crippen molar-refractivity contribution in [3.8, 4) is 5.75 Å². The molecular formula is C55H54N6O. The summed E-state index contributed by atoms with van der Waals surface area (Å²) in [6.07, 6.45) is 8.43. The lowest BCUT2D eigenvalue weighted by Crippen LogP contribution is -2.17. The van der Waals surface area contributed by atoms with E-state index in [0.717, 1.165) is 80.7 Å². The van der Waals surface area contributed by atoms with Crippen LogP contribution in [0.25, 0.3) is 0 Å². The van der Waals surface area contributed by atoms with Crippen LogP contribution in [0.4, 0.5) is 34.1 Å². The molecule has 0 amide bonds. The molecule has 0 saturated heterocycles. The number of nitrogens with one attached hydrogen (secondary N) is 1. The maximum absolute atomic E-state index is 6.23. The average molecular weight is 815 g/mol. The topological polar surface area (TPSA) is 78.5 Å². The number of anilines is 6. The van der Waals surface area contributed by atoms with Crippen LogP contribution in [0.2, 0.25) is 0 Å². The molecule has 0 radical (unpaired) electrons. The standard InChI is InChI=1S/C51H42N4O.C2H6N2.C2H6/c1-5-15-42(16-6-1)54(43-17-7-2-8-18-43)46-33-25-38(26-34-46)37-52-50(39-27-29-41(30-28-39)51-53-48-23-13-14-24-49(48)56-51)40-31-35-47(36-32-40)55(44-19-9-3-10-20-44)45-21-11-4-12-22-45;1-4-2-3;1-2/h1-7,9-17,19-36,51,53H,8,18,37H2;1-3H2;1-2H3.